The van der Waals surface area contributed by atoms with E-state index in [1.54, 1.807) is 36.4 Å². The number of benzene rings is 3. The van der Waals surface area contributed by atoms with Crippen molar-refractivity contribution in [3.8, 4) is 28.7 Å². The summed E-state index contributed by atoms with van der Waals surface area (Å²) in [5, 5.41) is 0. The predicted octanol–water partition coefficient (Wildman–Crippen LogP) is 5.67. The Hall–Kier alpha value is -3.45. The molecule has 0 saturated carbocycles. The Bertz CT molecular complexity index is 1160. The van der Waals surface area contributed by atoms with Crippen LogP contribution in [0.15, 0.2) is 64.8 Å². The fourth-order valence-corrected chi connectivity index (χ4v) is 3.60. The first-order valence-electron chi connectivity index (χ1n) is 9.78. The molecule has 1 aliphatic heterocycles. The molecule has 6 nitrogen and oxygen atoms in total. The maximum Gasteiger partial charge on any atom is 0.231 e. The van der Waals surface area contributed by atoms with Crippen LogP contribution in [0.4, 0.5) is 0 Å². The summed E-state index contributed by atoms with van der Waals surface area (Å²) in [6.07, 6.45) is 1.65. The lowest BCUT2D eigenvalue weighted by Crippen LogP contribution is -1.99. The van der Waals surface area contributed by atoms with Crippen LogP contribution < -0.4 is 23.7 Å². The van der Waals surface area contributed by atoms with Crippen molar-refractivity contribution >= 4 is 27.8 Å². The standard InChI is InChI=1S/C25H21BrO6/c1-28-22-11-16(12-23(29-2)25(22)30-3)10-21-24(27)19-9-8-18(13-20(19)32-21)31-14-15-4-6-17(26)7-5-15/h4-13H,14H2,1-3H3. The fourth-order valence-electron chi connectivity index (χ4n) is 3.34. The quantitative estimate of drug-likeness (QED) is 0.392. The molecule has 4 rings (SSSR count). The van der Waals surface area contributed by atoms with Gasteiger partial charge in [0.1, 0.15) is 18.1 Å². The summed E-state index contributed by atoms with van der Waals surface area (Å²) in [5.41, 5.74) is 2.20. The highest BCUT2D eigenvalue weighted by molar-refractivity contribution is 9.10. The van der Waals surface area contributed by atoms with Gasteiger partial charge in [-0.25, -0.2) is 0 Å². The normalized spacial score (nSPS) is 13.5. The molecule has 0 saturated heterocycles. The molecule has 0 radical (unpaired) electrons. The molecule has 0 N–H and O–H groups in total. The fraction of sp³-hybridized carbons (Fsp3) is 0.160. The van der Waals surface area contributed by atoms with Crippen LogP contribution in [0.25, 0.3) is 6.08 Å². The molecule has 1 heterocycles. The van der Waals surface area contributed by atoms with Gasteiger partial charge in [0, 0.05) is 10.5 Å². The second kappa shape index (κ2) is 9.36. The third-order valence-corrected chi connectivity index (χ3v) is 5.47. The molecule has 0 atom stereocenters. The van der Waals surface area contributed by atoms with E-state index in [-0.39, 0.29) is 11.5 Å². The predicted molar refractivity (Wildman–Crippen MR) is 124 cm³/mol. The second-order valence-corrected chi connectivity index (χ2v) is 7.89. The minimum atomic E-state index is -0.201. The average Bonchev–Trinajstić information content (AvgIpc) is 3.12. The van der Waals surface area contributed by atoms with Crippen molar-refractivity contribution in [2.45, 2.75) is 6.61 Å². The van der Waals surface area contributed by atoms with E-state index in [4.69, 9.17) is 23.7 Å². The van der Waals surface area contributed by atoms with Gasteiger partial charge in [0.05, 0.1) is 26.9 Å². The zero-order chi connectivity index (χ0) is 22.7. The van der Waals surface area contributed by atoms with Gasteiger partial charge in [-0.3, -0.25) is 4.79 Å². The number of methoxy groups -OCH3 is 3. The van der Waals surface area contributed by atoms with E-state index >= 15 is 0 Å². The molecule has 0 spiro atoms. The SMILES string of the molecule is COc1cc(C=C2Oc3cc(OCc4ccc(Br)cc4)ccc3C2=O)cc(OC)c1OC. The van der Waals surface area contributed by atoms with Gasteiger partial charge >= 0.3 is 0 Å². The highest BCUT2D eigenvalue weighted by atomic mass is 79.9. The number of carbonyl (C=O) groups excluding carboxylic acids is 1. The van der Waals surface area contributed by atoms with Crippen LogP contribution >= 0.6 is 15.9 Å². The number of Topliss-reactive ketones (excluding diaryl/α,β-unsaturated/α-hetero) is 1. The maximum atomic E-state index is 12.8. The highest BCUT2D eigenvalue weighted by Gasteiger charge is 2.28. The number of allylic oxidation sites excluding steroid dienone is 1. The summed E-state index contributed by atoms with van der Waals surface area (Å²) in [5.74, 6) is 2.55. The van der Waals surface area contributed by atoms with Gasteiger partial charge in [0.25, 0.3) is 0 Å². The summed E-state index contributed by atoms with van der Waals surface area (Å²) in [6, 6.07) is 16.6. The third-order valence-electron chi connectivity index (χ3n) is 4.94. The molecule has 0 bridgehead atoms. The Morgan fingerprint density at radius 2 is 1.59 bits per heavy atom. The number of fused-ring (bicyclic) bond motifs is 1. The molecule has 3 aromatic carbocycles. The first kappa shape index (κ1) is 21.8. The summed E-state index contributed by atoms with van der Waals surface area (Å²) >= 11 is 3.42. The Morgan fingerprint density at radius 3 is 2.22 bits per heavy atom. The first-order chi connectivity index (χ1) is 15.5. The van der Waals surface area contributed by atoms with Crippen molar-refractivity contribution < 1.29 is 28.5 Å². The number of carbonyl (C=O) groups is 1. The van der Waals surface area contributed by atoms with Crippen molar-refractivity contribution in [1.29, 1.82) is 0 Å². The lowest BCUT2D eigenvalue weighted by molar-refractivity contribution is 0.101. The molecule has 0 aliphatic carbocycles. The largest absolute Gasteiger partial charge is 0.493 e. The summed E-state index contributed by atoms with van der Waals surface area (Å²) in [7, 11) is 4.61. The van der Waals surface area contributed by atoms with E-state index in [0.29, 0.717) is 46.5 Å². The van der Waals surface area contributed by atoms with Crippen LogP contribution in [0.5, 0.6) is 28.7 Å². The van der Waals surface area contributed by atoms with Crippen LogP contribution in [-0.2, 0) is 6.61 Å². The molecule has 7 heteroatoms. The average molecular weight is 497 g/mol. The molecular weight excluding hydrogens is 476 g/mol. The third kappa shape index (κ3) is 4.43. The second-order valence-electron chi connectivity index (χ2n) is 6.97. The molecule has 32 heavy (non-hydrogen) atoms. The minimum absolute atomic E-state index is 0.201. The molecule has 0 amide bonds. The Labute approximate surface area is 194 Å². The Morgan fingerprint density at radius 1 is 0.906 bits per heavy atom. The number of hydrogen-bond acceptors (Lipinski definition) is 6. The molecule has 0 aromatic heterocycles. The summed E-state index contributed by atoms with van der Waals surface area (Å²) < 4.78 is 28.8. The zero-order valence-electron chi connectivity index (χ0n) is 17.8. The van der Waals surface area contributed by atoms with Crippen LogP contribution in [0, 0.1) is 0 Å². The maximum absolute atomic E-state index is 12.8. The molecule has 3 aromatic rings. The van der Waals surface area contributed by atoms with Gasteiger partial charge in [-0.1, -0.05) is 28.1 Å². The van der Waals surface area contributed by atoms with Crippen LogP contribution in [-0.4, -0.2) is 27.1 Å². The van der Waals surface area contributed by atoms with E-state index in [0.717, 1.165) is 10.0 Å². The number of ketones is 1. The van der Waals surface area contributed by atoms with Crippen molar-refractivity contribution in [2.24, 2.45) is 0 Å². The smallest absolute Gasteiger partial charge is 0.231 e. The number of halogens is 1. The topological polar surface area (TPSA) is 63.2 Å². The number of rotatable bonds is 7. The van der Waals surface area contributed by atoms with Gasteiger partial charge in [-0.05, 0) is 53.6 Å². The van der Waals surface area contributed by atoms with Gasteiger partial charge < -0.3 is 23.7 Å². The van der Waals surface area contributed by atoms with Gasteiger partial charge in [-0.15, -0.1) is 0 Å². The van der Waals surface area contributed by atoms with Crippen LogP contribution in [0.1, 0.15) is 21.5 Å². The summed E-state index contributed by atoms with van der Waals surface area (Å²) in [6.45, 7) is 0.411. The van der Waals surface area contributed by atoms with Crippen molar-refractivity contribution in [2.75, 3.05) is 21.3 Å². The van der Waals surface area contributed by atoms with E-state index in [2.05, 4.69) is 15.9 Å². The lowest BCUT2D eigenvalue weighted by atomic mass is 10.1. The Kier molecular flexibility index (Phi) is 6.37. The molecule has 0 fully saturated rings. The summed E-state index contributed by atoms with van der Waals surface area (Å²) in [4.78, 5) is 12.8. The van der Waals surface area contributed by atoms with Crippen LogP contribution in [0.2, 0.25) is 0 Å². The molecule has 0 unspecified atom stereocenters. The molecule has 1 aliphatic rings. The van der Waals surface area contributed by atoms with Gasteiger partial charge in [-0.2, -0.15) is 0 Å². The monoisotopic (exact) mass is 496 g/mol. The molecule has 164 valence electrons. The Balaban J connectivity index is 1.55. The number of hydrogen-bond donors (Lipinski definition) is 0. The van der Waals surface area contributed by atoms with Crippen molar-refractivity contribution in [3.05, 3.63) is 81.5 Å². The zero-order valence-corrected chi connectivity index (χ0v) is 19.4. The highest BCUT2D eigenvalue weighted by Crippen LogP contribution is 2.40. The van der Waals surface area contributed by atoms with Gasteiger partial charge in [0.15, 0.2) is 17.3 Å². The van der Waals surface area contributed by atoms with Crippen molar-refractivity contribution in [1.82, 2.24) is 0 Å². The van der Waals surface area contributed by atoms with Crippen LogP contribution in [0.3, 0.4) is 0 Å². The van der Waals surface area contributed by atoms with E-state index in [1.165, 1.54) is 21.3 Å². The van der Waals surface area contributed by atoms with E-state index in [9.17, 15) is 4.79 Å². The number of ether oxygens (including phenoxy) is 5. The van der Waals surface area contributed by atoms with Crippen molar-refractivity contribution in [3.63, 3.8) is 0 Å². The van der Waals surface area contributed by atoms with E-state index in [1.807, 2.05) is 24.3 Å². The molecular formula is C25H21BrO6. The van der Waals surface area contributed by atoms with Gasteiger partial charge in [0.2, 0.25) is 11.5 Å². The lowest BCUT2D eigenvalue weighted by Gasteiger charge is -2.13. The first-order valence-corrected chi connectivity index (χ1v) is 10.6. The van der Waals surface area contributed by atoms with E-state index < -0.39 is 0 Å². The minimum Gasteiger partial charge on any atom is -0.493 e.